The van der Waals surface area contributed by atoms with Crippen molar-refractivity contribution in [1.29, 1.82) is 0 Å². The molecule has 0 aliphatic heterocycles. The van der Waals surface area contributed by atoms with Gasteiger partial charge in [0.05, 0.1) is 12.0 Å². The van der Waals surface area contributed by atoms with E-state index in [1.807, 2.05) is 6.92 Å². The number of hydrogen-bond donors (Lipinski definition) is 3. The van der Waals surface area contributed by atoms with Crippen LogP contribution in [0.1, 0.15) is 77.6 Å². The molecule has 0 radical (unpaired) electrons. The molecule has 4 heteroatoms. The molecule has 1 unspecified atom stereocenters. The lowest BCUT2D eigenvalue weighted by Crippen LogP contribution is -2.45. The van der Waals surface area contributed by atoms with Gasteiger partial charge in [-0.05, 0) is 56.8 Å². The van der Waals surface area contributed by atoms with Crippen LogP contribution in [0.2, 0.25) is 0 Å². The molecule has 3 aliphatic rings. The van der Waals surface area contributed by atoms with E-state index in [0.717, 1.165) is 25.7 Å². The van der Waals surface area contributed by atoms with Crippen LogP contribution in [0, 0.1) is 35.5 Å². The van der Waals surface area contributed by atoms with E-state index in [2.05, 4.69) is 11.8 Å². The van der Waals surface area contributed by atoms with Crippen LogP contribution in [0.25, 0.3) is 0 Å². The number of fused-ring (bicyclic) bond motifs is 1. The van der Waals surface area contributed by atoms with Crippen molar-refractivity contribution in [1.82, 2.24) is 0 Å². The summed E-state index contributed by atoms with van der Waals surface area (Å²) in [6, 6.07) is 0. The van der Waals surface area contributed by atoms with Crippen molar-refractivity contribution in [3.63, 3.8) is 0 Å². The molecule has 3 N–H and O–H groups in total. The molecule has 150 valence electrons. The van der Waals surface area contributed by atoms with Crippen molar-refractivity contribution in [3.05, 3.63) is 11.1 Å². The number of carboxylic acids is 1. The Kier molecular flexibility index (Phi) is 7.00. The summed E-state index contributed by atoms with van der Waals surface area (Å²) in [5, 5.41) is 29.7. The van der Waals surface area contributed by atoms with Crippen LogP contribution in [-0.2, 0) is 4.79 Å². The highest BCUT2D eigenvalue weighted by Crippen LogP contribution is 2.53. The molecule has 4 nitrogen and oxygen atoms in total. The second-order valence-corrected chi connectivity index (χ2v) is 8.89. The van der Waals surface area contributed by atoms with E-state index in [1.54, 1.807) is 0 Å². The van der Waals surface area contributed by atoms with Crippen LogP contribution in [-0.4, -0.2) is 33.5 Å². The number of carboxylic acid groups (broad SMARTS) is 1. The van der Waals surface area contributed by atoms with Gasteiger partial charge >= 0.3 is 5.97 Å². The van der Waals surface area contributed by atoms with Crippen molar-refractivity contribution >= 4 is 5.97 Å². The van der Waals surface area contributed by atoms with Gasteiger partial charge in [0, 0.05) is 6.42 Å². The minimum absolute atomic E-state index is 0.0548. The smallest absolute Gasteiger partial charge is 0.303 e. The maximum atomic E-state index is 10.8. The van der Waals surface area contributed by atoms with Crippen LogP contribution in [0.3, 0.4) is 0 Å². The molecule has 0 saturated heterocycles. The number of aliphatic carboxylic acids is 1. The molecule has 0 aromatic heterocycles. The Morgan fingerprint density at radius 2 is 1.89 bits per heavy atom. The van der Waals surface area contributed by atoms with Gasteiger partial charge < -0.3 is 15.3 Å². The van der Waals surface area contributed by atoms with E-state index in [-0.39, 0.29) is 12.3 Å². The van der Waals surface area contributed by atoms with Crippen LogP contribution in [0.15, 0.2) is 11.1 Å². The number of rotatable bonds is 5. The number of allylic oxidation sites excluding steroid dienone is 2. The number of aliphatic hydroxyl groups excluding tert-OH is 2. The molecule has 0 bridgehead atoms. The summed E-state index contributed by atoms with van der Waals surface area (Å²) in [4.78, 5) is 10.8. The fourth-order valence-corrected chi connectivity index (χ4v) is 5.37. The monoisotopic (exact) mass is 374 g/mol. The molecular weight excluding hydrogens is 340 g/mol. The fraction of sp³-hybridized carbons (Fsp3) is 0.783. The Balaban J connectivity index is 1.58. The highest BCUT2D eigenvalue weighted by molar-refractivity contribution is 5.67. The molecule has 0 spiro atoms. The Bertz CT molecular complexity index is 620. The molecule has 0 aromatic rings. The number of hydrogen-bond acceptors (Lipinski definition) is 3. The number of carbonyl (C=O) groups is 1. The molecule has 3 aliphatic carbocycles. The zero-order valence-corrected chi connectivity index (χ0v) is 16.5. The predicted molar refractivity (Wildman–Crippen MR) is 105 cm³/mol. The molecule has 27 heavy (non-hydrogen) atoms. The highest BCUT2D eigenvalue weighted by atomic mass is 16.4. The highest BCUT2D eigenvalue weighted by Gasteiger charge is 2.46. The third-order valence-corrected chi connectivity index (χ3v) is 7.03. The maximum Gasteiger partial charge on any atom is 0.303 e. The lowest BCUT2D eigenvalue weighted by molar-refractivity contribution is -0.136. The van der Waals surface area contributed by atoms with E-state index in [4.69, 9.17) is 5.11 Å². The van der Waals surface area contributed by atoms with Gasteiger partial charge in [0.25, 0.3) is 0 Å². The Labute approximate surface area is 163 Å². The summed E-state index contributed by atoms with van der Waals surface area (Å²) in [6.45, 7) is 2.05. The lowest BCUT2D eigenvalue weighted by atomic mass is 9.56. The molecule has 3 saturated carbocycles. The van der Waals surface area contributed by atoms with Crippen LogP contribution < -0.4 is 0 Å². The average molecular weight is 375 g/mol. The second-order valence-electron chi connectivity index (χ2n) is 8.89. The van der Waals surface area contributed by atoms with Gasteiger partial charge in [0.15, 0.2) is 0 Å². The van der Waals surface area contributed by atoms with Gasteiger partial charge in [0.1, 0.15) is 6.10 Å². The first kappa shape index (κ1) is 20.4. The van der Waals surface area contributed by atoms with Crippen molar-refractivity contribution in [2.24, 2.45) is 23.7 Å². The second kappa shape index (κ2) is 9.26. The molecule has 0 amide bonds. The zero-order valence-electron chi connectivity index (χ0n) is 16.5. The van der Waals surface area contributed by atoms with E-state index >= 15 is 0 Å². The van der Waals surface area contributed by atoms with E-state index < -0.39 is 18.2 Å². The quantitative estimate of drug-likeness (QED) is 0.504. The first-order valence-corrected chi connectivity index (χ1v) is 10.7. The molecule has 3 fully saturated rings. The zero-order chi connectivity index (χ0) is 19.4. The SMILES string of the molecule is C/C(CCC(=O)O)=C1\C[C@@H]2[C@@H](C#CC(O)CC3CCCCC3)[C@H](O)CC[C@H]12. The van der Waals surface area contributed by atoms with E-state index in [0.29, 0.717) is 24.2 Å². The minimum atomic E-state index is -0.749. The van der Waals surface area contributed by atoms with E-state index in [1.165, 1.54) is 43.3 Å². The summed E-state index contributed by atoms with van der Waals surface area (Å²) < 4.78 is 0. The third kappa shape index (κ3) is 5.15. The summed E-state index contributed by atoms with van der Waals surface area (Å²) in [7, 11) is 0. The number of aliphatic hydroxyl groups is 2. The summed E-state index contributed by atoms with van der Waals surface area (Å²) in [5.74, 6) is 6.88. The lowest BCUT2D eigenvalue weighted by Gasteiger charge is -2.49. The van der Waals surface area contributed by atoms with Gasteiger partial charge in [-0.3, -0.25) is 4.79 Å². The minimum Gasteiger partial charge on any atom is -0.481 e. The van der Waals surface area contributed by atoms with Crippen molar-refractivity contribution in [2.45, 2.75) is 89.8 Å². The Morgan fingerprint density at radius 3 is 2.59 bits per heavy atom. The molecule has 5 atom stereocenters. The Hall–Kier alpha value is -1.31. The van der Waals surface area contributed by atoms with Gasteiger partial charge in [-0.2, -0.15) is 0 Å². The van der Waals surface area contributed by atoms with Gasteiger partial charge in [-0.25, -0.2) is 0 Å². The molecule has 0 aromatic carbocycles. The van der Waals surface area contributed by atoms with Gasteiger partial charge in [0.2, 0.25) is 0 Å². The van der Waals surface area contributed by atoms with Crippen molar-refractivity contribution in [3.8, 4) is 11.8 Å². The summed E-state index contributed by atoms with van der Waals surface area (Å²) >= 11 is 0. The largest absolute Gasteiger partial charge is 0.481 e. The van der Waals surface area contributed by atoms with Crippen molar-refractivity contribution in [2.75, 3.05) is 0 Å². The van der Waals surface area contributed by atoms with E-state index in [9.17, 15) is 15.0 Å². The topological polar surface area (TPSA) is 77.8 Å². The third-order valence-electron chi connectivity index (χ3n) is 7.03. The van der Waals surface area contributed by atoms with Gasteiger partial charge in [-0.1, -0.05) is 55.1 Å². The predicted octanol–water partition coefficient (Wildman–Crippen LogP) is 3.91. The molecular formula is C23H34O4. The van der Waals surface area contributed by atoms with Gasteiger partial charge in [-0.15, -0.1) is 0 Å². The first-order chi connectivity index (χ1) is 13.0. The molecule has 3 rings (SSSR count). The van der Waals surface area contributed by atoms with Crippen LogP contribution >= 0.6 is 0 Å². The molecule has 0 heterocycles. The average Bonchev–Trinajstić information content (AvgIpc) is 2.61. The maximum absolute atomic E-state index is 10.8. The normalized spacial score (nSPS) is 33.9. The Morgan fingerprint density at radius 1 is 1.15 bits per heavy atom. The first-order valence-electron chi connectivity index (χ1n) is 10.7. The van der Waals surface area contributed by atoms with Crippen molar-refractivity contribution < 1.29 is 20.1 Å². The summed E-state index contributed by atoms with van der Waals surface area (Å²) in [6.07, 6.45) is 9.50. The standard InChI is InChI=1S/C23H34O4/c1-15(7-12-23(26)27)20-14-21-18(20)10-11-22(25)19(21)9-8-17(24)13-16-5-3-2-4-6-16/h16-19,21-22,24-25H,2-7,10-14H2,1H3,(H,26,27)/b20-15-/t17?,18-,19-,21+,22-/m1/s1. The fourth-order valence-electron chi connectivity index (χ4n) is 5.37. The van der Waals surface area contributed by atoms with Crippen LogP contribution in [0.5, 0.6) is 0 Å². The van der Waals surface area contributed by atoms with Crippen LogP contribution in [0.4, 0.5) is 0 Å². The summed E-state index contributed by atoms with van der Waals surface area (Å²) in [5.41, 5.74) is 2.60.